The van der Waals surface area contributed by atoms with Crippen LogP contribution in [0.15, 0.2) is 41.3 Å². The molecule has 0 unspecified atom stereocenters. The van der Waals surface area contributed by atoms with Gasteiger partial charge in [0.15, 0.2) is 0 Å². The fourth-order valence-corrected chi connectivity index (χ4v) is 4.03. The molecule has 0 spiro atoms. The Labute approximate surface area is 179 Å². The van der Waals surface area contributed by atoms with Crippen LogP contribution in [0.4, 0.5) is 4.79 Å². The first kappa shape index (κ1) is 21.7. The summed E-state index contributed by atoms with van der Waals surface area (Å²) >= 11 is 0.832. The van der Waals surface area contributed by atoms with Crippen LogP contribution in [0.2, 0.25) is 0 Å². The maximum absolute atomic E-state index is 12.6. The number of amides is 2. The highest BCUT2D eigenvalue weighted by molar-refractivity contribution is 8.18. The van der Waals surface area contributed by atoms with Gasteiger partial charge in [-0.25, -0.2) is 0 Å². The van der Waals surface area contributed by atoms with Crippen molar-refractivity contribution in [2.75, 3.05) is 19.8 Å². The number of ether oxygens (including phenoxy) is 2. The quantitative estimate of drug-likeness (QED) is 0.470. The highest BCUT2D eigenvalue weighted by atomic mass is 32.2. The van der Waals surface area contributed by atoms with Gasteiger partial charge in [-0.2, -0.15) is 0 Å². The third-order valence-electron chi connectivity index (χ3n) is 4.69. The predicted molar refractivity (Wildman–Crippen MR) is 115 cm³/mol. The van der Waals surface area contributed by atoms with Gasteiger partial charge in [-0.3, -0.25) is 19.3 Å². The van der Waals surface area contributed by atoms with Gasteiger partial charge in [-0.05, 0) is 62.4 Å². The zero-order valence-corrected chi connectivity index (χ0v) is 18.0. The lowest BCUT2D eigenvalue weighted by atomic mass is 10.2. The standard InChI is InChI=1S/C22H24N2O5S/c1-4-28-20(25)14-24-21(26)19(30-22(24)27)13-17-12-15(2)23(16(17)3)10-11-29-18-8-6-5-7-9-18/h5-9,12-13H,4,10-11,14H2,1-3H3/b19-13-. The van der Waals surface area contributed by atoms with E-state index in [0.717, 1.165) is 39.4 Å². The van der Waals surface area contributed by atoms with Crippen molar-refractivity contribution in [2.24, 2.45) is 0 Å². The molecular formula is C22H24N2O5S. The van der Waals surface area contributed by atoms with Gasteiger partial charge < -0.3 is 14.0 Å². The van der Waals surface area contributed by atoms with Crippen molar-refractivity contribution in [3.05, 3.63) is 58.3 Å². The molecule has 158 valence electrons. The molecule has 1 aromatic heterocycles. The molecule has 1 fully saturated rings. The Bertz CT molecular complexity index is 981. The largest absolute Gasteiger partial charge is 0.492 e. The van der Waals surface area contributed by atoms with Crippen LogP contribution in [0.3, 0.4) is 0 Å². The fraction of sp³-hybridized carbons (Fsp3) is 0.318. The molecule has 0 radical (unpaired) electrons. The molecular weight excluding hydrogens is 404 g/mol. The Kier molecular flexibility index (Phi) is 6.99. The number of hydrogen-bond acceptors (Lipinski definition) is 6. The Balaban J connectivity index is 1.70. The summed E-state index contributed by atoms with van der Waals surface area (Å²) in [7, 11) is 0. The minimum absolute atomic E-state index is 0.199. The van der Waals surface area contributed by atoms with E-state index in [4.69, 9.17) is 9.47 Å². The molecule has 0 aliphatic carbocycles. The minimum Gasteiger partial charge on any atom is -0.492 e. The van der Waals surface area contributed by atoms with E-state index in [0.29, 0.717) is 18.1 Å². The number of aryl methyl sites for hydroxylation is 1. The van der Waals surface area contributed by atoms with Crippen molar-refractivity contribution in [3.8, 4) is 5.75 Å². The van der Waals surface area contributed by atoms with Crippen LogP contribution in [0, 0.1) is 13.8 Å². The average Bonchev–Trinajstić information content (AvgIpc) is 3.13. The number of esters is 1. The van der Waals surface area contributed by atoms with Crippen LogP contribution >= 0.6 is 11.8 Å². The third-order valence-corrected chi connectivity index (χ3v) is 5.60. The molecule has 3 rings (SSSR count). The van der Waals surface area contributed by atoms with Crippen molar-refractivity contribution < 1.29 is 23.9 Å². The lowest BCUT2D eigenvalue weighted by molar-refractivity contribution is -0.145. The molecule has 2 heterocycles. The molecule has 1 saturated heterocycles. The van der Waals surface area contributed by atoms with Crippen LogP contribution in [0.5, 0.6) is 5.75 Å². The summed E-state index contributed by atoms with van der Waals surface area (Å²) in [4.78, 5) is 37.6. The molecule has 0 saturated carbocycles. The summed E-state index contributed by atoms with van der Waals surface area (Å²) in [6.07, 6.45) is 1.70. The van der Waals surface area contributed by atoms with Crippen LogP contribution in [-0.4, -0.2) is 46.3 Å². The Hall–Kier alpha value is -3.00. The lowest BCUT2D eigenvalue weighted by Gasteiger charge is -2.11. The Morgan fingerprint density at radius 3 is 2.60 bits per heavy atom. The number of carbonyl (C=O) groups excluding carboxylic acids is 3. The van der Waals surface area contributed by atoms with Gasteiger partial charge in [-0.15, -0.1) is 0 Å². The maximum atomic E-state index is 12.6. The van der Waals surface area contributed by atoms with Crippen molar-refractivity contribution >= 4 is 35.0 Å². The summed E-state index contributed by atoms with van der Waals surface area (Å²) in [6.45, 7) is 6.62. The molecule has 1 aliphatic heterocycles. The number of nitrogens with zero attached hydrogens (tertiary/aromatic N) is 2. The second-order valence-electron chi connectivity index (χ2n) is 6.71. The number of thioether (sulfide) groups is 1. The molecule has 2 amide bonds. The van der Waals surface area contributed by atoms with Crippen molar-refractivity contribution in [1.29, 1.82) is 0 Å². The van der Waals surface area contributed by atoms with Crippen molar-refractivity contribution in [2.45, 2.75) is 27.3 Å². The predicted octanol–water partition coefficient (Wildman–Crippen LogP) is 3.78. The molecule has 0 N–H and O–H groups in total. The molecule has 2 aromatic rings. The summed E-state index contributed by atoms with van der Waals surface area (Å²) in [5, 5.41) is -0.468. The Morgan fingerprint density at radius 2 is 1.90 bits per heavy atom. The zero-order valence-electron chi connectivity index (χ0n) is 17.2. The summed E-state index contributed by atoms with van der Waals surface area (Å²) in [5.74, 6) is -0.261. The third kappa shape index (κ3) is 4.94. The van der Waals surface area contributed by atoms with Crippen LogP contribution in [-0.2, 0) is 20.9 Å². The number of benzene rings is 1. The number of aromatic nitrogens is 1. The van der Waals surface area contributed by atoms with Gasteiger partial charge in [-0.1, -0.05) is 18.2 Å². The molecule has 7 nitrogen and oxygen atoms in total. The smallest absolute Gasteiger partial charge is 0.326 e. The fourth-order valence-electron chi connectivity index (χ4n) is 3.20. The summed E-state index contributed by atoms with van der Waals surface area (Å²) in [6, 6.07) is 11.6. The molecule has 8 heteroatoms. The van der Waals surface area contributed by atoms with Gasteiger partial charge in [0.2, 0.25) is 0 Å². The van der Waals surface area contributed by atoms with E-state index in [1.54, 1.807) is 13.0 Å². The van der Waals surface area contributed by atoms with E-state index in [2.05, 4.69) is 4.57 Å². The van der Waals surface area contributed by atoms with Crippen molar-refractivity contribution in [3.63, 3.8) is 0 Å². The second kappa shape index (κ2) is 9.67. The molecule has 30 heavy (non-hydrogen) atoms. The normalized spacial score (nSPS) is 15.2. The average molecular weight is 429 g/mol. The van der Waals surface area contributed by atoms with Gasteiger partial charge >= 0.3 is 5.97 Å². The van der Waals surface area contributed by atoms with Crippen molar-refractivity contribution in [1.82, 2.24) is 9.47 Å². The molecule has 1 aromatic carbocycles. The first-order valence-electron chi connectivity index (χ1n) is 9.66. The number of carbonyl (C=O) groups is 3. The van der Waals surface area contributed by atoms with Gasteiger partial charge in [0.05, 0.1) is 18.1 Å². The van der Waals surface area contributed by atoms with Gasteiger partial charge in [0.1, 0.15) is 18.9 Å². The SMILES string of the molecule is CCOC(=O)CN1C(=O)S/C(=C\c2cc(C)n(CCOc3ccccc3)c2C)C1=O. The molecule has 0 bridgehead atoms. The van der Waals surface area contributed by atoms with E-state index in [-0.39, 0.29) is 13.2 Å². The van der Waals surface area contributed by atoms with Gasteiger partial charge in [0.25, 0.3) is 11.1 Å². The van der Waals surface area contributed by atoms with Crippen LogP contribution < -0.4 is 4.74 Å². The number of imide groups is 1. The summed E-state index contributed by atoms with van der Waals surface area (Å²) < 4.78 is 12.7. The highest BCUT2D eigenvalue weighted by Gasteiger charge is 2.36. The molecule has 1 aliphatic rings. The van der Waals surface area contributed by atoms with E-state index in [9.17, 15) is 14.4 Å². The van der Waals surface area contributed by atoms with Gasteiger partial charge in [0, 0.05) is 11.4 Å². The number of rotatable bonds is 8. The first-order valence-corrected chi connectivity index (χ1v) is 10.5. The van der Waals surface area contributed by atoms with Crippen LogP contribution in [0.1, 0.15) is 23.9 Å². The maximum Gasteiger partial charge on any atom is 0.326 e. The van der Waals surface area contributed by atoms with E-state index in [1.807, 2.05) is 50.2 Å². The van der Waals surface area contributed by atoms with E-state index >= 15 is 0 Å². The zero-order chi connectivity index (χ0) is 21.7. The monoisotopic (exact) mass is 428 g/mol. The number of hydrogen-bond donors (Lipinski definition) is 0. The minimum atomic E-state index is -0.599. The highest BCUT2D eigenvalue weighted by Crippen LogP contribution is 2.33. The summed E-state index contributed by atoms with van der Waals surface area (Å²) in [5.41, 5.74) is 2.86. The molecule has 0 atom stereocenters. The lowest BCUT2D eigenvalue weighted by Crippen LogP contribution is -2.34. The topological polar surface area (TPSA) is 77.8 Å². The second-order valence-corrected chi connectivity index (χ2v) is 7.71. The first-order chi connectivity index (χ1) is 14.4. The van der Waals surface area contributed by atoms with E-state index in [1.165, 1.54) is 0 Å². The van der Waals surface area contributed by atoms with E-state index < -0.39 is 17.1 Å². The Morgan fingerprint density at radius 1 is 1.17 bits per heavy atom. The van der Waals surface area contributed by atoms with Crippen LogP contribution in [0.25, 0.3) is 6.08 Å². The number of para-hydroxylation sites is 1.